The van der Waals surface area contributed by atoms with E-state index in [4.69, 9.17) is 4.74 Å². The minimum absolute atomic E-state index is 0.135. The number of nitrogens with zero attached hydrogens (tertiary/aromatic N) is 1. The predicted octanol–water partition coefficient (Wildman–Crippen LogP) is 3.06. The zero-order valence-electron chi connectivity index (χ0n) is 13.5. The molecule has 1 atom stereocenters. The lowest BCUT2D eigenvalue weighted by atomic mass is 10.1. The second kappa shape index (κ2) is 7.23. The van der Waals surface area contributed by atoms with Gasteiger partial charge in [0.25, 0.3) is 0 Å². The van der Waals surface area contributed by atoms with Crippen molar-refractivity contribution in [1.29, 1.82) is 0 Å². The average molecular weight is 318 g/mol. The Morgan fingerprint density at radius 1 is 1.39 bits per heavy atom. The number of halogens is 1. The summed E-state index contributed by atoms with van der Waals surface area (Å²) in [6.07, 6.45) is 3.52. The zero-order chi connectivity index (χ0) is 16.2. The van der Waals surface area contributed by atoms with Crippen LogP contribution in [-0.2, 0) is 11.3 Å². The van der Waals surface area contributed by atoms with Crippen molar-refractivity contribution in [1.82, 2.24) is 9.88 Å². The smallest absolute Gasteiger partial charge is 0.189 e. The molecule has 1 aliphatic heterocycles. The van der Waals surface area contributed by atoms with E-state index in [0.29, 0.717) is 17.4 Å². The maximum Gasteiger partial charge on any atom is 0.189 e. The summed E-state index contributed by atoms with van der Waals surface area (Å²) in [6, 6.07) is 5.86. The van der Waals surface area contributed by atoms with Gasteiger partial charge in [0.15, 0.2) is 5.43 Å². The molecule has 1 N–H and O–H groups in total. The molecule has 124 valence electrons. The summed E-state index contributed by atoms with van der Waals surface area (Å²) < 4.78 is 19.1. The zero-order valence-corrected chi connectivity index (χ0v) is 13.5. The molecule has 1 aliphatic rings. The van der Waals surface area contributed by atoms with Gasteiger partial charge in [0, 0.05) is 42.4 Å². The van der Waals surface area contributed by atoms with Gasteiger partial charge in [-0.25, -0.2) is 4.39 Å². The van der Waals surface area contributed by atoms with Gasteiger partial charge in [-0.3, -0.25) is 9.69 Å². The molecule has 0 spiro atoms. The molecule has 3 rings (SSSR count). The number of piperidine rings is 1. The SMILES string of the molecule is CCCOC1CCCN(Cc2cc(=O)c3cc(F)ccc3[nH]2)C1. The van der Waals surface area contributed by atoms with Crippen LogP contribution in [0, 0.1) is 5.82 Å². The lowest BCUT2D eigenvalue weighted by Crippen LogP contribution is -2.39. The van der Waals surface area contributed by atoms with E-state index in [-0.39, 0.29) is 17.3 Å². The van der Waals surface area contributed by atoms with E-state index < -0.39 is 0 Å². The second-order valence-corrected chi connectivity index (χ2v) is 6.22. The van der Waals surface area contributed by atoms with Crippen LogP contribution in [0.25, 0.3) is 10.9 Å². The van der Waals surface area contributed by atoms with Crippen LogP contribution in [0.5, 0.6) is 0 Å². The van der Waals surface area contributed by atoms with Crippen LogP contribution in [-0.4, -0.2) is 35.7 Å². The van der Waals surface area contributed by atoms with E-state index in [1.807, 2.05) is 0 Å². The fourth-order valence-electron chi connectivity index (χ4n) is 3.18. The number of nitrogens with one attached hydrogen (secondary N) is 1. The molecule has 0 saturated carbocycles. The third-order valence-corrected chi connectivity index (χ3v) is 4.26. The molecule has 2 aromatic rings. The predicted molar refractivity (Wildman–Crippen MR) is 89.1 cm³/mol. The summed E-state index contributed by atoms with van der Waals surface area (Å²) in [5, 5.41) is 0.400. The number of rotatable bonds is 5. The number of aromatic amines is 1. The van der Waals surface area contributed by atoms with Crippen LogP contribution in [0.15, 0.2) is 29.1 Å². The molecule has 1 saturated heterocycles. The highest BCUT2D eigenvalue weighted by Crippen LogP contribution is 2.17. The van der Waals surface area contributed by atoms with Gasteiger partial charge in [-0.1, -0.05) is 6.92 Å². The van der Waals surface area contributed by atoms with Crippen LogP contribution >= 0.6 is 0 Å². The lowest BCUT2D eigenvalue weighted by Gasteiger charge is -2.32. The molecular weight excluding hydrogens is 295 g/mol. The Balaban J connectivity index is 1.73. The van der Waals surface area contributed by atoms with E-state index in [2.05, 4.69) is 16.8 Å². The number of benzene rings is 1. The highest BCUT2D eigenvalue weighted by Gasteiger charge is 2.20. The number of hydrogen-bond donors (Lipinski definition) is 1. The van der Waals surface area contributed by atoms with Crippen LogP contribution in [0.1, 0.15) is 31.9 Å². The number of likely N-dealkylation sites (tertiary alicyclic amines) is 1. The van der Waals surface area contributed by atoms with Crippen LogP contribution in [0.2, 0.25) is 0 Å². The molecular formula is C18H23FN2O2. The molecule has 2 heterocycles. The summed E-state index contributed by atoms with van der Waals surface area (Å²) in [5.41, 5.74) is 1.42. The highest BCUT2D eigenvalue weighted by atomic mass is 19.1. The summed E-state index contributed by atoms with van der Waals surface area (Å²) in [6.45, 7) is 5.51. The van der Waals surface area contributed by atoms with Crippen LogP contribution in [0.3, 0.4) is 0 Å². The fourth-order valence-corrected chi connectivity index (χ4v) is 3.18. The Bertz CT molecular complexity index is 729. The first-order valence-corrected chi connectivity index (χ1v) is 8.31. The summed E-state index contributed by atoms with van der Waals surface area (Å²) in [4.78, 5) is 17.7. The first kappa shape index (κ1) is 16.1. The van der Waals surface area contributed by atoms with E-state index in [1.54, 1.807) is 12.1 Å². The molecule has 5 heteroatoms. The third kappa shape index (κ3) is 3.98. The first-order valence-electron chi connectivity index (χ1n) is 8.31. The van der Waals surface area contributed by atoms with E-state index in [1.165, 1.54) is 12.1 Å². The first-order chi connectivity index (χ1) is 11.2. The number of ether oxygens (including phenoxy) is 1. The van der Waals surface area contributed by atoms with Crippen molar-refractivity contribution < 1.29 is 9.13 Å². The van der Waals surface area contributed by atoms with Gasteiger partial charge in [0.2, 0.25) is 0 Å². The number of pyridine rings is 1. The van der Waals surface area contributed by atoms with Gasteiger partial charge in [0.05, 0.1) is 6.10 Å². The Morgan fingerprint density at radius 2 is 2.26 bits per heavy atom. The van der Waals surface area contributed by atoms with E-state index in [0.717, 1.165) is 44.7 Å². The van der Waals surface area contributed by atoms with Gasteiger partial charge in [0.1, 0.15) is 5.82 Å². The topological polar surface area (TPSA) is 45.3 Å². The van der Waals surface area contributed by atoms with Crippen molar-refractivity contribution in [3.8, 4) is 0 Å². The summed E-state index contributed by atoms with van der Waals surface area (Å²) in [7, 11) is 0. The molecule has 1 fully saturated rings. The number of hydrogen-bond acceptors (Lipinski definition) is 3. The molecule has 23 heavy (non-hydrogen) atoms. The van der Waals surface area contributed by atoms with Gasteiger partial charge in [-0.05, 0) is 44.0 Å². The lowest BCUT2D eigenvalue weighted by molar-refractivity contribution is -0.00250. The molecule has 0 bridgehead atoms. The Hall–Kier alpha value is -1.72. The van der Waals surface area contributed by atoms with Crippen molar-refractivity contribution in [3.05, 3.63) is 46.0 Å². The van der Waals surface area contributed by atoms with E-state index >= 15 is 0 Å². The standard InChI is InChI=1S/C18H23FN2O2/c1-2-8-23-15-4-3-7-21(12-15)11-14-10-18(22)16-9-13(19)5-6-17(16)20-14/h5-6,9-10,15H,2-4,7-8,11-12H2,1H3,(H,20,22). The van der Waals surface area contributed by atoms with Crippen LogP contribution < -0.4 is 5.43 Å². The fraction of sp³-hybridized carbons (Fsp3) is 0.500. The van der Waals surface area contributed by atoms with Crippen molar-refractivity contribution in [3.63, 3.8) is 0 Å². The highest BCUT2D eigenvalue weighted by molar-refractivity contribution is 5.78. The Kier molecular flexibility index (Phi) is 5.08. The largest absolute Gasteiger partial charge is 0.377 e. The third-order valence-electron chi connectivity index (χ3n) is 4.26. The molecule has 1 unspecified atom stereocenters. The number of H-pyrrole nitrogens is 1. The molecule has 0 radical (unpaired) electrons. The van der Waals surface area contributed by atoms with Gasteiger partial charge in [-0.2, -0.15) is 0 Å². The van der Waals surface area contributed by atoms with Crippen molar-refractivity contribution in [2.75, 3.05) is 19.7 Å². The average Bonchev–Trinajstić information content (AvgIpc) is 2.54. The minimum Gasteiger partial charge on any atom is -0.377 e. The quantitative estimate of drug-likeness (QED) is 0.921. The van der Waals surface area contributed by atoms with Gasteiger partial charge in [-0.15, -0.1) is 0 Å². The summed E-state index contributed by atoms with van der Waals surface area (Å²) >= 11 is 0. The monoisotopic (exact) mass is 318 g/mol. The van der Waals surface area contributed by atoms with Gasteiger partial charge < -0.3 is 9.72 Å². The molecule has 1 aromatic heterocycles. The maximum absolute atomic E-state index is 13.3. The van der Waals surface area contributed by atoms with E-state index in [9.17, 15) is 9.18 Å². The number of aromatic nitrogens is 1. The van der Waals surface area contributed by atoms with Crippen LogP contribution in [0.4, 0.5) is 4.39 Å². The number of fused-ring (bicyclic) bond motifs is 1. The normalized spacial score (nSPS) is 19.3. The van der Waals surface area contributed by atoms with Crippen molar-refractivity contribution >= 4 is 10.9 Å². The summed E-state index contributed by atoms with van der Waals surface area (Å²) in [5.74, 6) is -0.386. The second-order valence-electron chi connectivity index (χ2n) is 6.22. The molecule has 0 aliphatic carbocycles. The Morgan fingerprint density at radius 3 is 3.09 bits per heavy atom. The van der Waals surface area contributed by atoms with Gasteiger partial charge >= 0.3 is 0 Å². The molecule has 1 aromatic carbocycles. The van der Waals surface area contributed by atoms with Crippen molar-refractivity contribution in [2.45, 2.75) is 38.8 Å². The van der Waals surface area contributed by atoms with Crippen molar-refractivity contribution in [2.24, 2.45) is 0 Å². The molecule has 0 amide bonds. The Labute approximate surface area is 135 Å². The maximum atomic E-state index is 13.3. The minimum atomic E-state index is -0.386. The molecule has 4 nitrogen and oxygen atoms in total.